The average Bonchev–Trinajstić information content (AvgIpc) is 2.48. The molecule has 0 aromatic heterocycles. The molecule has 0 aliphatic carbocycles. The number of benzene rings is 2. The molecule has 118 valence electrons. The van der Waals surface area contributed by atoms with E-state index in [1.54, 1.807) is 12.1 Å². The van der Waals surface area contributed by atoms with Crippen LogP contribution in [0.3, 0.4) is 0 Å². The lowest BCUT2D eigenvalue weighted by Crippen LogP contribution is -2.19. The minimum absolute atomic E-state index is 0.231. The number of halogens is 2. The van der Waals surface area contributed by atoms with Crippen molar-refractivity contribution in [1.29, 1.82) is 0 Å². The summed E-state index contributed by atoms with van der Waals surface area (Å²) in [5.74, 6) is 1.23. The molecule has 0 saturated heterocycles. The third kappa shape index (κ3) is 5.43. The number of rotatable bonds is 7. The van der Waals surface area contributed by atoms with Crippen molar-refractivity contribution in [3.63, 3.8) is 0 Å². The fourth-order valence-electron chi connectivity index (χ4n) is 2.06. The van der Waals surface area contributed by atoms with Crippen molar-refractivity contribution in [3.05, 3.63) is 63.9 Å². The molecule has 0 saturated carbocycles. The second-order valence-electron chi connectivity index (χ2n) is 5.69. The SMILES string of the molecule is CC(C)CNCc1cc(Br)ccc1OCc1ccc(F)cc1. The molecular weight excluding hydrogens is 345 g/mol. The Kier molecular flexibility index (Phi) is 6.40. The van der Waals surface area contributed by atoms with Crippen LogP contribution < -0.4 is 10.1 Å². The van der Waals surface area contributed by atoms with E-state index in [0.717, 1.165) is 34.4 Å². The molecule has 0 amide bonds. The second kappa shape index (κ2) is 8.30. The van der Waals surface area contributed by atoms with Gasteiger partial charge in [-0.3, -0.25) is 0 Å². The van der Waals surface area contributed by atoms with Gasteiger partial charge in [0.05, 0.1) is 0 Å². The van der Waals surface area contributed by atoms with Crippen LogP contribution in [-0.4, -0.2) is 6.54 Å². The van der Waals surface area contributed by atoms with E-state index in [2.05, 4.69) is 41.2 Å². The van der Waals surface area contributed by atoms with Crippen LogP contribution in [0.5, 0.6) is 5.75 Å². The van der Waals surface area contributed by atoms with Gasteiger partial charge in [-0.15, -0.1) is 0 Å². The summed E-state index contributed by atoms with van der Waals surface area (Å²) in [6.07, 6.45) is 0. The Bertz CT molecular complexity index is 599. The molecule has 0 aliphatic rings. The lowest BCUT2D eigenvalue weighted by Gasteiger charge is -2.14. The normalized spacial score (nSPS) is 11.0. The topological polar surface area (TPSA) is 21.3 Å². The van der Waals surface area contributed by atoms with Crippen LogP contribution in [0.1, 0.15) is 25.0 Å². The van der Waals surface area contributed by atoms with E-state index in [-0.39, 0.29) is 5.82 Å². The van der Waals surface area contributed by atoms with Crippen molar-refractivity contribution in [2.24, 2.45) is 5.92 Å². The highest BCUT2D eigenvalue weighted by Gasteiger charge is 2.06. The maximum atomic E-state index is 12.9. The number of nitrogens with one attached hydrogen (secondary N) is 1. The summed E-state index contributed by atoms with van der Waals surface area (Å²) in [5.41, 5.74) is 2.06. The first-order valence-corrected chi connectivity index (χ1v) is 8.20. The van der Waals surface area contributed by atoms with E-state index in [1.807, 2.05) is 12.1 Å². The molecule has 0 bridgehead atoms. The van der Waals surface area contributed by atoms with E-state index in [4.69, 9.17) is 4.74 Å². The molecule has 2 rings (SSSR count). The zero-order valence-corrected chi connectivity index (χ0v) is 14.5. The minimum Gasteiger partial charge on any atom is -0.489 e. The molecule has 0 spiro atoms. The largest absolute Gasteiger partial charge is 0.489 e. The molecule has 0 heterocycles. The first-order chi connectivity index (χ1) is 10.5. The Morgan fingerprint density at radius 1 is 1.14 bits per heavy atom. The van der Waals surface area contributed by atoms with E-state index in [0.29, 0.717) is 12.5 Å². The molecule has 2 aromatic rings. The van der Waals surface area contributed by atoms with Gasteiger partial charge in [0.2, 0.25) is 0 Å². The molecule has 2 aromatic carbocycles. The monoisotopic (exact) mass is 365 g/mol. The third-order valence-corrected chi connectivity index (χ3v) is 3.69. The van der Waals surface area contributed by atoms with Crippen molar-refractivity contribution in [2.45, 2.75) is 27.0 Å². The minimum atomic E-state index is -0.231. The Labute approximate surface area is 139 Å². The third-order valence-electron chi connectivity index (χ3n) is 3.20. The van der Waals surface area contributed by atoms with Crippen molar-refractivity contribution in [1.82, 2.24) is 5.32 Å². The average molecular weight is 366 g/mol. The highest BCUT2D eigenvalue weighted by molar-refractivity contribution is 9.10. The quantitative estimate of drug-likeness (QED) is 0.752. The Balaban J connectivity index is 2.01. The molecule has 0 radical (unpaired) electrons. The molecule has 0 unspecified atom stereocenters. The van der Waals surface area contributed by atoms with Crippen molar-refractivity contribution < 1.29 is 9.13 Å². The van der Waals surface area contributed by atoms with Gasteiger partial charge in [0.1, 0.15) is 18.2 Å². The smallest absolute Gasteiger partial charge is 0.124 e. The number of ether oxygens (including phenoxy) is 1. The summed E-state index contributed by atoms with van der Waals surface area (Å²) in [6, 6.07) is 12.4. The van der Waals surface area contributed by atoms with E-state index < -0.39 is 0 Å². The standard InChI is InChI=1S/C18H21BrFNO/c1-13(2)10-21-11-15-9-16(19)5-8-18(15)22-12-14-3-6-17(20)7-4-14/h3-9,13,21H,10-12H2,1-2H3. The maximum Gasteiger partial charge on any atom is 0.124 e. The summed E-state index contributed by atoms with van der Waals surface area (Å²) in [4.78, 5) is 0. The lowest BCUT2D eigenvalue weighted by atomic mass is 10.1. The van der Waals surface area contributed by atoms with Gasteiger partial charge in [0.25, 0.3) is 0 Å². The first-order valence-electron chi connectivity index (χ1n) is 7.41. The Morgan fingerprint density at radius 2 is 1.86 bits per heavy atom. The second-order valence-corrected chi connectivity index (χ2v) is 6.61. The van der Waals surface area contributed by atoms with Gasteiger partial charge in [-0.05, 0) is 48.4 Å². The molecular formula is C18H21BrFNO. The van der Waals surface area contributed by atoms with E-state index in [1.165, 1.54) is 12.1 Å². The maximum absolute atomic E-state index is 12.9. The number of hydrogen-bond donors (Lipinski definition) is 1. The summed E-state index contributed by atoms with van der Waals surface area (Å²) < 4.78 is 19.8. The zero-order chi connectivity index (χ0) is 15.9. The molecule has 2 nitrogen and oxygen atoms in total. The predicted octanol–water partition coefficient (Wildman–Crippen LogP) is 4.91. The highest BCUT2D eigenvalue weighted by atomic mass is 79.9. The fraction of sp³-hybridized carbons (Fsp3) is 0.333. The van der Waals surface area contributed by atoms with Gasteiger partial charge in [-0.2, -0.15) is 0 Å². The van der Waals surface area contributed by atoms with Crippen molar-refractivity contribution in [3.8, 4) is 5.75 Å². The fourth-order valence-corrected chi connectivity index (χ4v) is 2.47. The van der Waals surface area contributed by atoms with Crippen LogP contribution in [0.25, 0.3) is 0 Å². The Hall–Kier alpha value is -1.39. The van der Waals surface area contributed by atoms with E-state index in [9.17, 15) is 4.39 Å². The highest BCUT2D eigenvalue weighted by Crippen LogP contribution is 2.24. The van der Waals surface area contributed by atoms with Crippen LogP contribution in [0.2, 0.25) is 0 Å². The Morgan fingerprint density at radius 3 is 2.55 bits per heavy atom. The summed E-state index contributed by atoms with van der Waals surface area (Å²) in [6.45, 7) is 6.51. The molecule has 0 atom stereocenters. The summed E-state index contributed by atoms with van der Waals surface area (Å²) in [7, 11) is 0. The van der Waals surface area contributed by atoms with E-state index >= 15 is 0 Å². The molecule has 0 aliphatic heterocycles. The van der Waals surface area contributed by atoms with Crippen molar-refractivity contribution in [2.75, 3.05) is 6.54 Å². The van der Waals surface area contributed by atoms with Crippen molar-refractivity contribution >= 4 is 15.9 Å². The molecule has 0 fully saturated rings. The lowest BCUT2D eigenvalue weighted by molar-refractivity contribution is 0.301. The zero-order valence-electron chi connectivity index (χ0n) is 12.9. The first kappa shape index (κ1) is 17.0. The van der Waals surface area contributed by atoms with Crippen LogP contribution in [0.4, 0.5) is 4.39 Å². The number of hydrogen-bond acceptors (Lipinski definition) is 2. The van der Waals surface area contributed by atoms with Gasteiger partial charge >= 0.3 is 0 Å². The summed E-state index contributed by atoms with van der Waals surface area (Å²) >= 11 is 3.50. The van der Waals surface area contributed by atoms with Gasteiger partial charge < -0.3 is 10.1 Å². The van der Waals surface area contributed by atoms with Gasteiger partial charge in [0, 0.05) is 16.6 Å². The van der Waals surface area contributed by atoms with Gasteiger partial charge in [-0.25, -0.2) is 4.39 Å². The summed E-state index contributed by atoms with van der Waals surface area (Å²) in [5, 5.41) is 3.42. The molecule has 1 N–H and O–H groups in total. The molecule has 4 heteroatoms. The molecule has 22 heavy (non-hydrogen) atoms. The predicted molar refractivity (Wildman–Crippen MR) is 91.4 cm³/mol. The van der Waals surface area contributed by atoms with Gasteiger partial charge in [0.15, 0.2) is 0 Å². The van der Waals surface area contributed by atoms with Crippen LogP contribution >= 0.6 is 15.9 Å². The van der Waals surface area contributed by atoms with Crippen LogP contribution in [0.15, 0.2) is 46.9 Å². The van der Waals surface area contributed by atoms with Crippen LogP contribution in [-0.2, 0) is 13.2 Å². The van der Waals surface area contributed by atoms with Crippen LogP contribution in [0, 0.1) is 11.7 Å². The van der Waals surface area contributed by atoms with Gasteiger partial charge in [-0.1, -0.05) is 41.9 Å².